The summed E-state index contributed by atoms with van der Waals surface area (Å²) in [4.78, 5) is 8.56. The molecule has 2 fully saturated rings. The van der Waals surface area contributed by atoms with Crippen LogP contribution in [0.15, 0.2) is 0 Å². The van der Waals surface area contributed by atoms with Gasteiger partial charge in [0.05, 0.1) is 13.2 Å². The van der Waals surface area contributed by atoms with Gasteiger partial charge >= 0.3 is 6.16 Å². The smallest absolute Gasteiger partial charge is 0.450 e. The molecule has 10 N–H and O–H groups in total. The average molecular weight is 404 g/mol. The van der Waals surface area contributed by atoms with Crippen LogP contribution in [0.1, 0.15) is 0 Å². The van der Waals surface area contributed by atoms with Crippen LogP contribution in [0, 0.1) is 0 Å². The lowest BCUT2D eigenvalue weighted by molar-refractivity contribution is -0.355. The van der Waals surface area contributed by atoms with E-state index in [2.05, 4.69) is 0 Å². The number of hydrogen-bond acceptors (Lipinski definition) is 12. The van der Waals surface area contributed by atoms with E-state index in [0.717, 1.165) is 0 Å². The lowest BCUT2D eigenvalue weighted by atomic mass is 9.97. The maximum Gasteiger partial charge on any atom is 0.503 e. The van der Waals surface area contributed by atoms with E-state index in [9.17, 15) is 35.7 Å². The van der Waals surface area contributed by atoms with Gasteiger partial charge in [-0.25, -0.2) is 4.79 Å². The van der Waals surface area contributed by atoms with Crippen molar-refractivity contribution in [3.8, 4) is 0 Å². The number of carboxylic acid groups (broad SMARTS) is 2. The van der Waals surface area contributed by atoms with Crippen molar-refractivity contribution in [2.75, 3.05) is 13.2 Å². The number of rotatable bonds is 4. The van der Waals surface area contributed by atoms with Crippen molar-refractivity contribution in [1.29, 1.82) is 0 Å². The molecule has 14 nitrogen and oxygen atoms in total. The summed E-state index contributed by atoms with van der Waals surface area (Å²) in [6.07, 6.45) is -17.4. The zero-order chi connectivity index (χ0) is 20.9. The molecule has 0 aromatic carbocycles. The number of carbonyl (C=O) groups is 1. The average Bonchev–Trinajstić information content (AvgIpc) is 2.61. The molecular weight excluding hydrogens is 380 g/mol. The van der Waals surface area contributed by atoms with Crippen LogP contribution in [0.5, 0.6) is 0 Å². The van der Waals surface area contributed by atoms with Gasteiger partial charge in [0.25, 0.3) is 0 Å². The number of ether oxygens (including phenoxy) is 3. The van der Waals surface area contributed by atoms with Crippen molar-refractivity contribution in [2.45, 2.75) is 61.4 Å². The van der Waals surface area contributed by atoms with Crippen LogP contribution in [0.3, 0.4) is 0 Å². The van der Waals surface area contributed by atoms with Crippen LogP contribution in [-0.4, -0.2) is 132 Å². The number of aliphatic hydroxyl groups is 8. The normalized spacial score (nSPS) is 44.9. The quantitative estimate of drug-likeness (QED) is 0.210. The Labute approximate surface area is 152 Å². The van der Waals surface area contributed by atoms with Gasteiger partial charge in [-0.3, -0.25) is 0 Å². The summed E-state index contributed by atoms with van der Waals surface area (Å²) >= 11 is 0. The Hall–Kier alpha value is -1.17. The first-order valence-corrected chi connectivity index (χ1v) is 7.73. The molecule has 2 heterocycles. The van der Waals surface area contributed by atoms with Gasteiger partial charge in [0.15, 0.2) is 12.6 Å². The van der Waals surface area contributed by atoms with Gasteiger partial charge in [-0.15, -0.1) is 0 Å². The molecule has 27 heavy (non-hydrogen) atoms. The summed E-state index contributed by atoms with van der Waals surface area (Å²) in [5.74, 6) is 0. The molecule has 0 aromatic rings. The van der Waals surface area contributed by atoms with E-state index in [4.69, 9.17) is 34.3 Å². The molecule has 1 unspecified atom stereocenters. The Kier molecular flexibility index (Phi) is 9.19. The second kappa shape index (κ2) is 10.4. The lowest BCUT2D eigenvalue weighted by Gasteiger charge is -2.45. The topological polar surface area (TPSA) is 247 Å². The van der Waals surface area contributed by atoms with E-state index < -0.39 is 80.8 Å². The highest BCUT2D eigenvalue weighted by atomic mass is 16.7. The number of hydrogen-bond donors (Lipinski definition) is 10. The summed E-state index contributed by atoms with van der Waals surface area (Å²) in [5.41, 5.74) is 0. The van der Waals surface area contributed by atoms with E-state index in [1.54, 1.807) is 0 Å². The van der Waals surface area contributed by atoms with E-state index in [-0.39, 0.29) is 0 Å². The Morgan fingerprint density at radius 1 is 0.741 bits per heavy atom. The fourth-order valence-electron chi connectivity index (χ4n) is 2.57. The van der Waals surface area contributed by atoms with Crippen LogP contribution in [0.4, 0.5) is 4.79 Å². The molecule has 14 heteroatoms. The third kappa shape index (κ3) is 5.90. The van der Waals surface area contributed by atoms with E-state index in [0.29, 0.717) is 0 Å². The van der Waals surface area contributed by atoms with Crippen LogP contribution in [0.2, 0.25) is 0 Å². The van der Waals surface area contributed by atoms with Crippen molar-refractivity contribution in [1.82, 2.24) is 0 Å². The molecule has 160 valence electrons. The molecule has 0 aliphatic carbocycles. The van der Waals surface area contributed by atoms with E-state index in [1.807, 2.05) is 0 Å². The maximum absolute atomic E-state index is 9.94. The van der Waals surface area contributed by atoms with Crippen molar-refractivity contribution < 1.29 is 70.1 Å². The summed E-state index contributed by atoms with van der Waals surface area (Å²) in [5, 5.41) is 90.4. The summed E-state index contributed by atoms with van der Waals surface area (Å²) in [6.45, 7) is -1.35. The van der Waals surface area contributed by atoms with Crippen LogP contribution < -0.4 is 0 Å². The van der Waals surface area contributed by atoms with E-state index >= 15 is 0 Å². The van der Waals surface area contributed by atoms with Gasteiger partial charge < -0.3 is 65.3 Å². The minimum absolute atomic E-state index is 0.667. The molecule has 0 radical (unpaired) electrons. The Morgan fingerprint density at radius 2 is 1.26 bits per heavy atom. The van der Waals surface area contributed by atoms with Gasteiger partial charge in [-0.1, -0.05) is 0 Å². The van der Waals surface area contributed by atoms with Crippen LogP contribution in [0.25, 0.3) is 0 Å². The highest BCUT2D eigenvalue weighted by molar-refractivity contribution is 5.53. The molecule has 2 aliphatic rings. The van der Waals surface area contributed by atoms with Gasteiger partial charge in [0.1, 0.15) is 48.8 Å². The molecule has 10 atom stereocenters. The Balaban J connectivity index is 0.000000828. The monoisotopic (exact) mass is 404 g/mol. The second-order valence-electron chi connectivity index (χ2n) is 5.81. The maximum atomic E-state index is 9.94. The molecule has 0 amide bonds. The predicted molar refractivity (Wildman–Crippen MR) is 79.3 cm³/mol. The molecule has 0 bridgehead atoms. The zero-order valence-electron chi connectivity index (χ0n) is 13.8. The van der Waals surface area contributed by atoms with Crippen LogP contribution in [-0.2, 0) is 14.2 Å². The fraction of sp³-hybridized carbons (Fsp3) is 0.923. The van der Waals surface area contributed by atoms with E-state index in [1.165, 1.54) is 0 Å². The molecule has 2 saturated heterocycles. The summed E-state index contributed by atoms with van der Waals surface area (Å²) in [6, 6.07) is 0. The van der Waals surface area contributed by atoms with Crippen LogP contribution >= 0.6 is 0 Å². The molecule has 0 spiro atoms. The minimum atomic E-state index is -1.83. The molecule has 0 saturated carbocycles. The van der Waals surface area contributed by atoms with Gasteiger partial charge in [-0.2, -0.15) is 0 Å². The highest BCUT2D eigenvalue weighted by Gasteiger charge is 2.50. The Morgan fingerprint density at radius 3 is 1.74 bits per heavy atom. The summed E-state index contributed by atoms with van der Waals surface area (Å²) < 4.78 is 15.3. The van der Waals surface area contributed by atoms with Crippen molar-refractivity contribution in [3.05, 3.63) is 0 Å². The van der Waals surface area contributed by atoms with Crippen molar-refractivity contribution in [3.63, 3.8) is 0 Å². The van der Waals surface area contributed by atoms with Gasteiger partial charge in [0, 0.05) is 0 Å². The highest BCUT2D eigenvalue weighted by Crippen LogP contribution is 2.28. The first-order chi connectivity index (χ1) is 12.5. The third-order valence-corrected chi connectivity index (χ3v) is 3.98. The molecule has 2 aliphatic heterocycles. The SMILES string of the molecule is O=C(O)O.OC[C@H]1O[C@@H](O[C@H]2[C@H](O)[C@@H](O)C(O)O[C@@H]2CO)[C@H](O)[C@@H](O)[C@H]1O. The minimum Gasteiger partial charge on any atom is -0.450 e. The molecular formula is C13H24O14. The largest absolute Gasteiger partial charge is 0.503 e. The first kappa shape index (κ1) is 23.9. The Bertz CT molecular complexity index is 454. The predicted octanol–water partition coefficient (Wildman–Crippen LogP) is -5.17. The second-order valence-corrected chi connectivity index (χ2v) is 5.81. The van der Waals surface area contributed by atoms with Crippen molar-refractivity contribution in [2.24, 2.45) is 0 Å². The zero-order valence-corrected chi connectivity index (χ0v) is 13.8. The standard InChI is InChI=1S/C12H22O11.CH2O3/c13-1-3-5(15)6(16)9(19)12(22-3)23-10-4(2-14)21-11(20)8(18)7(10)17;2-1(3)4/h3-20H,1-2H2;(H2,2,3,4)/t3-,4-,5+,6+,7-,8-,9-,10-,11?,12+;/m1./s1. The number of aliphatic hydroxyl groups excluding tert-OH is 8. The first-order valence-electron chi connectivity index (χ1n) is 7.73. The molecule has 2 rings (SSSR count). The molecule has 0 aromatic heterocycles. The van der Waals surface area contributed by atoms with Gasteiger partial charge in [0.2, 0.25) is 0 Å². The summed E-state index contributed by atoms with van der Waals surface area (Å²) in [7, 11) is 0. The third-order valence-electron chi connectivity index (χ3n) is 3.98. The fourth-order valence-corrected chi connectivity index (χ4v) is 2.57. The van der Waals surface area contributed by atoms with Crippen molar-refractivity contribution >= 4 is 6.16 Å². The van der Waals surface area contributed by atoms with Gasteiger partial charge in [-0.05, 0) is 0 Å². The lowest BCUT2D eigenvalue weighted by Crippen LogP contribution is -2.64.